The van der Waals surface area contributed by atoms with Gasteiger partial charge in [-0.3, -0.25) is 10.1 Å². The smallest absolute Gasteiger partial charge is 0.321 e. The molecule has 0 aliphatic carbocycles. The van der Waals surface area contributed by atoms with Crippen LogP contribution in [0.15, 0.2) is 0 Å². The normalized spacial score (nSPS) is 39.1. The number of thioether (sulfide) groups is 1. The standard InChI is InChI=1S/C11H19NO3S/c1-2-3-8-6-11(4-5-15-8)12-9(7-16-11)10(13)14/h8-9,12H,2-7H2,1H3,(H,13,14)/t8?,9-,11?/m1/s1. The molecule has 92 valence electrons. The summed E-state index contributed by atoms with van der Waals surface area (Å²) in [4.78, 5) is 10.9. The molecule has 2 unspecified atom stereocenters. The van der Waals surface area contributed by atoms with E-state index < -0.39 is 5.97 Å². The highest BCUT2D eigenvalue weighted by Gasteiger charge is 2.45. The SMILES string of the molecule is CCCC1CC2(CCO1)N[C@@H](C(=O)O)CS2. The second-order valence-corrected chi connectivity index (χ2v) is 5.98. The van der Waals surface area contributed by atoms with Crippen LogP contribution in [-0.2, 0) is 9.53 Å². The van der Waals surface area contributed by atoms with Gasteiger partial charge in [0.15, 0.2) is 0 Å². The highest BCUT2D eigenvalue weighted by atomic mass is 32.2. The van der Waals surface area contributed by atoms with Crippen LogP contribution in [0.25, 0.3) is 0 Å². The van der Waals surface area contributed by atoms with Gasteiger partial charge < -0.3 is 9.84 Å². The molecule has 2 rings (SSSR count). The van der Waals surface area contributed by atoms with Gasteiger partial charge >= 0.3 is 5.97 Å². The third-order valence-electron chi connectivity index (χ3n) is 3.29. The molecule has 0 amide bonds. The van der Waals surface area contributed by atoms with Gasteiger partial charge in [-0.1, -0.05) is 13.3 Å². The lowest BCUT2D eigenvalue weighted by Gasteiger charge is -2.37. The first-order chi connectivity index (χ1) is 7.65. The number of nitrogens with one attached hydrogen (secondary N) is 1. The van der Waals surface area contributed by atoms with Gasteiger partial charge in [0.2, 0.25) is 0 Å². The molecule has 2 aliphatic rings. The van der Waals surface area contributed by atoms with E-state index in [1.807, 2.05) is 0 Å². The lowest BCUT2D eigenvalue weighted by Crippen LogP contribution is -2.50. The van der Waals surface area contributed by atoms with Gasteiger partial charge in [0.25, 0.3) is 0 Å². The maximum Gasteiger partial charge on any atom is 0.321 e. The van der Waals surface area contributed by atoms with Crippen LogP contribution in [0.1, 0.15) is 32.6 Å². The zero-order chi connectivity index (χ0) is 11.6. The summed E-state index contributed by atoms with van der Waals surface area (Å²) in [5.41, 5.74) is 0. The third-order valence-corrected chi connectivity index (χ3v) is 4.83. The predicted octanol–water partition coefficient (Wildman–Crippen LogP) is 1.45. The minimum absolute atomic E-state index is 0.0405. The fourth-order valence-electron chi connectivity index (χ4n) is 2.47. The van der Waals surface area contributed by atoms with Crippen molar-refractivity contribution in [1.82, 2.24) is 5.32 Å². The molecule has 0 aromatic heterocycles. The number of carboxylic acid groups (broad SMARTS) is 1. The van der Waals surface area contributed by atoms with Crippen LogP contribution in [0.2, 0.25) is 0 Å². The van der Waals surface area contributed by atoms with Crippen LogP contribution in [-0.4, -0.2) is 40.5 Å². The minimum atomic E-state index is -0.733. The summed E-state index contributed by atoms with van der Waals surface area (Å²) >= 11 is 1.76. The van der Waals surface area contributed by atoms with Crippen molar-refractivity contribution in [2.24, 2.45) is 0 Å². The molecule has 2 aliphatic heterocycles. The highest BCUT2D eigenvalue weighted by Crippen LogP contribution is 2.41. The van der Waals surface area contributed by atoms with E-state index in [4.69, 9.17) is 9.84 Å². The molecule has 2 heterocycles. The fourth-order valence-corrected chi connectivity index (χ4v) is 3.93. The van der Waals surface area contributed by atoms with Crippen LogP contribution in [0.4, 0.5) is 0 Å². The van der Waals surface area contributed by atoms with E-state index in [-0.39, 0.29) is 10.9 Å². The lowest BCUT2D eigenvalue weighted by atomic mass is 9.99. The second-order valence-electron chi connectivity index (χ2n) is 4.58. The molecular weight excluding hydrogens is 226 g/mol. The lowest BCUT2D eigenvalue weighted by molar-refractivity contribution is -0.139. The van der Waals surface area contributed by atoms with Gasteiger partial charge in [-0.05, 0) is 12.8 Å². The van der Waals surface area contributed by atoms with Crippen molar-refractivity contribution in [2.45, 2.75) is 49.6 Å². The molecule has 2 N–H and O–H groups in total. The molecular formula is C11H19NO3S. The van der Waals surface area contributed by atoms with Crippen molar-refractivity contribution < 1.29 is 14.6 Å². The Morgan fingerprint density at radius 1 is 1.69 bits per heavy atom. The van der Waals surface area contributed by atoms with Gasteiger partial charge in [0, 0.05) is 18.8 Å². The zero-order valence-electron chi connectivity index (χ0n) is 9.57. The Balaban J connectivity index is 1.95. The summed E-state index contributed by atoms with van der Waals surface area (Å²) in [6.45, 7) is 2.90. The summed E-state index contributed by atoms with van der Waals surface area (Å²) in [5.74, 6) is -0.0586. The summed E-state index contributed by atoms with van der Waals surface area (Å²) < 4.78 is 5.70. The summed E-state index contributed by atoms with van der Waals surface area (Å²) in [5, 5.41) is 12.3. The van der Waals surface area contributed by atoms with Gasteiger partial charge in [-0.25, -0.2) is 0 Å². The van der Waals surface area contributed by atoms with Crippen LogP contribution >= 0.6 is 11.8 Å². The zero-order valence-corrected chi connectivity index (χ0v) is 10.4. The van der Waals surface area contributed by atoms with E-state index in [9.17, 15) is 4.79 Å². The molecule has 1 spiro atoms. The summed E-state index contributed by atoms with van der Waals surface area (Å²) in [6.07, 6.45) is 4.35. The molecule has 2 fully saturated rings. The van der Waals surface area contributed by atoms with E-state index >= 15 is 0 Å². The molecule has 0 aromatic rings. The van der Waals surface area contributed by atoms with Crippen molar-refractivity contribution in [3.05, 3.63) is 0 Å². The highest BCUT2D eigenvalue weighted by molar-refractivity contribution is 8.01. The molecule has 3 atom stereocenters. The molecule has 5 heteroatoms. The number of hydrogen-bond acceptors (Lipinski definition) is 4. The Bertz CT molecular complexity index is 272. The average Bonchev–Trinajstić information content (AvgIpc) is 2.63. The van der Waals surface area contributed by atoms with Gasteiger partial charge in [0.05, 0.1) is 11.0 Å². The minimum Gasteiger partial charge on any atom is -0.480 e. The number of carboxylic acids is 1. The van der Waals surface area contributed by atoms with E-state index in [2.05, 4.69) is 12.2 Å². The third kappa shape index (κ3) is 2.52. The van der Waals surface area contributed by atoms with E-state index in [0.29, 0.717) is 11.9 Å². The largest absolute Gasteiger partial charge is 0.480 e. The van der Waals surface area contributed by atoms with Gasteiger partial charge in [-0.2, -0.15) is 0 Å². The van der Waals surface area contributed by atoms with E-state index in [0.717, 1.165) is 32.3 Å². The van der Waals surface area contributed by atoms with Crippen LogP contribution in [0.5, 0.6) is 0 Å². The van der Waals surface area contributed by atoms with Gasteiger partial charge in [0.1, 0.15) is 6.04 Å². The maximum absolute atomic E-state index is 10.9. The summed E-state index contributed by atoms with van der Waals surface area (Å²) in [6, 6.07) is -0.384. The molecule has 16 heavy (non-hydrogen) atoms. The molecule has 0 bridgehead atoms. The van der Waals surface area contributed by atoms with Crippen LogP contribution in [0, 0.1) is 0 Å². The number of aliphatic carboxylic acids is 1. The van der Waals surface area contributed by atoms with Gasteiger partial charge in [-0.15, -0.1) is 11.8 Å². The first kappa shape index (κ1) is 12.2. The van der Waals surface area contributed by atoms with Crippen molar-refractivity contribution >= 4 is 17.7 Å². The Kier molecular flexibility index (Phi) is 3.77. The first-order valence-corrected chi connectivity index (χ1v) is 6.90. The average molecular weight is 245 g/mol. The molecule has 0 saturated carbocycles. The Labute approximate surface area is 100 Å². The Morgan fingerprint density at radius 2 is 2.50 bits per heavy atom. The summed E-state index contributed by atoms with van der Waals surface area (Å²) in [7, 11) is 0. The first-order valence-electron chi connectivity index (χ1n) is 5.91. The quantitative estimate of drug-likeness (QED) is 0.788. The monoisotopic (exact) mass is 245 g/mol. The number of rotatable bonds is 3. The molecule has 0 radical (unpaired) electrons. The molecule has 0 aromatic carbocycles. The fraction of sp³-hybridized carbons (Fsp3) is 0.909. The number of ether oxygens (including phenoxy) is 1. The van der Waals surface area contributed by atoms with Crippen molar-refractivity contribution in [3.63, 3.8) is 0 Å². The Morgan fingerprint density at radius 3 is 3.12 bits per heavy atom. The van der Waals surface area contributed by atoms with Crippen molar-refractivity contribution in [2.75, 3.05) is 12.4 Å². The van der Waals surface area contributed by atoms with Crippen molar-refractivity contribution in [3.8, 4) is 0 Å². The number of hydrogen-bond donors (Lipinski definition) is 2. The van der Waals surface area contributed by atoms with E-state index in [1.54, 1.807) is 11.8 Å². The molecule has 4 nitrogen and oxygen atoms in total. The maximum atomic E-state index is 10.9. The van der Waals surface area contributed by atoms with Crippen LogP contribution < -0.4 is 5.32 Å². The second kappa shape index (κ2) is 4.94. The molecule has 2 saturated heterocycles. The van der Waals surface area contributed by atoms with E-state index in [1.165, 1.54) is 0 Å². The van der Waals surface area contributed by atoms with Crippen molar-refractivity contribution in [1.29, 1.82) is 0 Å². The number of carbonyl (C=O) groups is 1. The Hall–Kier alpha value is -0.260. The predicted molar refractivity (Wildman–Crippen MR) is 63.6 cm³/mol. The van der Waals surface area contributed by atoms with Crippen LogP contribution in [0.3, 0.4) is 0 Å². The topological polar surface area (TPSA) is 58.6 Å².